The van der Waals surface area contributed by atoms with Gasteiger partial charge in [-0.3, -0.25) is 0 Å². The van der Waals surface area contributed by atoms with E-state index >= 15 is 0 Å². The number of halogens is 3. The van der Waals surface area contributed by atoms with Crippen LogP contribution >= 0.6 is 0 Å². The summed E-state index contributed by atoms with van der Waals surface area (Å²) in [6.07, 6.45) is -0.926. The second-order valence-electron chi connectivity index (χ2n) is 12.1. The van der Waals surface area contributed by atoms with E-state index in [2.05, 4.69) is 55.7 Å². The topological polar surface area (TPSA) is 125 Å². The molecule has 0 bridgehead atoms. The number of carbonyl (C=O) groups is 1. The Labute approximate surface area is 257 Å². The Morgan fingerprint density at radius 2 is 1.50 bits per heavy atom. The number of benzene rings is 2. The molecule has 3 aromatic rings. The van der Waals surface area contributed by atoms with Crippen LogP contribution in [-0.2, 0) is 20.2 Å². The number of nitrogens with one attached hydrogen (secondary N) is 2. The van der Waals surface area contributed by atoms with Crippen LogP contribution in [0.25, 0.3) is 10.9 Å². The van der Waals surface area contributed by atoms with Crippen molar-refractivity contribution in [1.29, 1.82) is 0 Å². The van der Waals surface area contributed by atoms with Crippen LogP contribution in [0.2, 0.25) is 0 Å². The van der Waals surface area contributed by atoms with Crippen molar-refractivity contribution in [3.63, 3.8) is 0 Å². The maximum absolute atomic E-state index is 12.8. The highest BCUT2D eigenvalue weighted by Crippen LogP contribution is 2.30. The first-order valence-electron chi connectivity index (χ1n) is 14.6. The van der Waals surface area contributed by atoms with Gasteiger partial charge in [0.15, 0.2) is 0 Å². The predicted octanol–water partition coefficient (Wildman–Crippen LogP) is 6.21. The van der Waals surface area contributed by atoms with Crippen molar-refractivity contribution in [2.75, 3.05) is 36.9 Å². The Morgan fingerprint density at radius 1 is 0.955 bits per heavy atom. The highest BCUT2D eigenvalue weighted by Gasteiger charge is 2.38. The van der Waals surface area contributed by atoms with Gasteiger partial charge in [-0.15, -0.1) is 0 Å². The summed E-state index contributed by atoms with van der Waals surface area (Å²) >= 11 is 0. The molecule has 0 unspecified atom stereocenters. The van der Waals surface area contributed by atoms with E-state index in [0.29, 0.717) is 29.2 Å². The summed E-state index contributed by atoms with van der Waals surface area (Å²) in [6, 6.07) is 15.4. The van der Waals surface area contributed by atoms with Crippen molar-refractivity contribution < 1.29 is 31.5 Å². The quantitative estimate of drug-likeness (QED) is 0.253. The number of aromatic nitrogens is 2. The standard InChI is InChI=1S/C29H41N5O2S.C2HF3O2/c1-6-34(5)27-25-9-7-8-10-26(25)32-28(33-27)30-19-21-11-13-22(14-12-21)20-31-37(35,36)24-17-15-23(16-18-24)29(2,3)4;3-2(4,5)1(6)7/h7-10,15-18,21-22,31H,6,11-14,19-20H2,1-5H3,(H,30,32,33);(H,6,7). The summed E-state index contributed by atoms with van der Waals surface area (Å²) in [7, 11) is -1.45. The minimum atomic E-state index is -5.08. The molecule has 0 saturated heterocycles. The zero-order valence-corrected chi connectivity index (χ0v) is 26.6. The SMILES string of the molecule is CCN(C)c1nc(NCC2CCC(CNS(=O)(=O)c3ccc(C(C)(C)C)cc3)CC2)nc2ccccc12.O=C(O)C(F)(F)F. The minimum absolute atomic E-state index is 0.00220. The first-order valence-corrected chi connectivity index (χ1v) is 16.1. The summed E-state index contributed by atoms with van der Waals surface area (Å²) in [5.41, 5.74) is 2.07. The number of aliphatic carboxylic acids is 1. The molecule has 2 aromatic carbocycles. The maximum Gasteiger partial charge on any atom is 0.490 e. The van der Waals surface area contributed by atoms with Gasteiger partial charge in [0.25, 0.3) is 0 Å². The molecule has 13 heteroatoms. The van der Waals surface area contributed by atoms with Crippen LogP contribution in [0.3, 0.4) is 0 Å². The van der Waals surface area contributed by atoms with Crippen molar-refractivity contribution in [3.05, 3.63) is 54.1 Å². The van der Waals surface area contributed by atoms with Crippen LogP contribution in [0.1, 0.15) is 58.9 Å². The number of nitrogens with zero attached hydrogens (tertiary/aromatic N) is 3. The van der Waals surface area contributed by atoms with Gasteiger partial charge in [0, 0.05) is 32.1 Å². The van der Waals surface area contributed by atoms with Gasteiger partial charge in [-0.05, 0) is 79.7 Å². The average Bonchev–Trinajstić information content (AvgIpc) is 2.98. The summed E-state index contributed by atoms with van der Waals surface area (Å²) in [4.78, 5) is 20.9. The van der Waals surface area contributed by atoms with Crippen molar-refractivity contribution >= 4 is 38.7 Å². The maximum atomic E-state index is 12.8. The van der Waals surface area contributed by atoms with Gasteiger partial charge in [-0.2, -0.15) is 18.2 Å². The number of carboxylic acids is 1. The second-order valence-corrected chi connectivity index (χ2v) is 13.9. The molecular formula is C31H42F3N5O4S. The molecule has 242 valence electrons. The van der Waals surface area contributed by atoms with Crippen molar-refractivity contribution in [3.8, 4) is 0 Å². The van der Waals surface area contributed by atoms with E-state index < -0.39 is 22.2 Å². The highest BCUT2D eigenvalue weighted by molar-refractivity contribution is 7.89. The summed E-state index contributed by atoms with van der Waals surface area (Å²) in [5.74, 6) is -0.254. The number of hydrogen-bond acceptors (Lipinski definition) is 7. The van der Waals surface area contributed by atoms with Crippen LogP contribution < -0.4 is 14.9 Å². The number of anilines is 2. The highest BCUT2D eigenvalue weighted by atomic mass is 32.2. The van der Waals surface area contributed by atoms with Crippen LogP contribution in [0.5, 0.6) is 0 Å². The molecule has 0 amide bonds. The Bertz CT molecular complexity index is 1500. The Hall–Kier alpha value is -3.45. The first-order chi connectivity index (χ1) is 20.5. The third-order valence-electron chi connectivity index (χ3n) is 7.77. The van der Waals surface area contributed by atoms with Gasteiger partial charge < -0.3 is 15.3 Å². The average molecular weight is 638 g/mol. The molecule has 3 N–H and O–H groups in total. The first kappa shape index (κ1) is 35.0. The number of sulfonamides is 1. The molecule has 1 aliphatic carbocycles. The number of hydrogen-bond donors (Lipinski definition) is 3. The minimum Gasteiger partial charge on any atom is -0.475 e. The lowest BCUT2D eigenvalue weighted by Gasteiger charge is -2.29. The van der Waals surface area contributed by atoms with Crippen molar-refractivity contribution in [2.45, 2.75) is 69.9 Å². The Balaban J connectivity index is 0.000000676. The molecule has 4 rings (SSSR count). The molecule has 0 atom stereocenters. The molecular weight excluding hydrogens is 595 g/mol. The van der Waals surface area contributed by atoms with E-state index in [1.807, 2.05) is 30.3 Å². The fourth-order valence-corrected chi connectivity index (χ4v) is 6.02. The molecule has 0 spiro atoms. The number of carboxylic acid groups (broad SMARTS) is 1. The lowest BCUT2D eigenvalue weighted by molar-refractivity contribution is -0.192. The van der Waals surface area contributed by atoms with Crippen LogP contribution in [0.15, 0.2) is 53.4 Å². The fraction of sp³-hybridized carbons (Fsp3) is 0.516. The monoisotopic (exact) mass is 637 g/mol. The van der Waals surface area contributed by atoms with Crippen LogP contribution in [0, 0.1) is 11.8 Å². The molecule has 1 heterocycles. The number of rotatable bonds is 9. The molecule has 0 radical (unpaired) electrons. The number of alkyl halides is 3. The van der Waals surface area contributed by atoms with Gasteiger partial charge in [0.1, 0.15) is 5.82 Å². The van der Waals surface area contributed by atoms with E-state index in [9.17, 15) is 21.6 Å². The lowest BCUT2D eigenvalue weighted by atomic mass is 9.82. The third-order valence-corrected chi connectivity index (χ3v) is 9.21. The zero-order valence-electron chi connectivity index (χ0n) is 25.8. The predicted molar refractivity (Wildman–Crippen MR) is 166 cm³/mol. The summed E-state index contributed by atoms with van der Waals surface area (Å²) < 4.78 is 60.2. The summed E-state index contributed by atoms with van der Waals surface area (Å²) in [5, 5.41) is 11.7. The smallest absolute Gasteiger partial charge is 0.475 e. The van der Waals surface area contributed by atoms with Crippen LogP contribution in [-0.4, -0.2) is 62.3 Å². The van der Waals surface area contributed by atoms with Gasteiger partial charge in [-0.1, -0.05) is 45.0 Å². The van der Waals surface area contributed by atoms with E-state index in [-0.39, 0.29) is 5.41 Å². The molecule has 9 nitrogen and oxygen atoms in total. The molecule has 1 aromatic heterocycles. The summed E-state index contributed by atoms with van der Waals surface area (Å²) in [6.45, 7) is 10.7. The zero-order chi connectivity index (χ0) is 32.7. The number of para-hydroxylation sites is 1. The molecule has 0 aliphatic heterocycles. The molecule has 44 heavy (non-hydrogen) atoms. The van der Waals surface area contributed by atoms with Crippen molar-refractivity contribution in [1.82, 2.24) is 14.7 Å². The molecule has 1 aliphatic rings. The van der Waals surface area contributed by atoms with E-state index in [1.165, 1.54) is 0 Å². The van der Waals surface area contributed by atoms with E-state index in [0.717, 1.165) is 61.1 Å². The lowest BCUT2D eigenvalue weighted by Crippen LogP contribution is -2.32. The van der Waals surface area contributed by atoms with Gasteiger partial charge in [-0.25, -0.2) is 22.9 Å². The third kappa shape index (κ3) is 9.78. The largest absolute Gasteiger partial charge is 0.490 e. The number of fused-ring (bicyclic) bond motifs is 1. The van der Waals surface area contributed by atoms with E-state index in [4.69, 9.17) is 19.9 Å². The van der Waals surface area contributed by atoms with Gasteiger partial charge in [0.05, 0.1) is 10.4 Å². The fourth-order valence-electron chi connectivity index (χ4n) is 4.90. The van der Waals surface area contributed by atoms with Crippen LogP contribution in [0.4, 0.5) is 24.9 Å². The van der Waals surface area contributed by atoms with E-state index in [1.54, 1.807) is 12.1 Å². The molecule has 1 saturated carbocycles. The van der Waals surface area contributed by atoms with Gasteiger partial charge in [0.2, 0.25) is 16.0 Å². The second kappa shape index (κ2) is 14.6. The van der Waals surface area contributed by atoms with Gasteiger partial charge >= 0.3 is 12.1 Å². The van der Waals surface area contributed by atoms with Crippen molar-refractivity contribution in [2.24, 2.45) is 11.8 Å². The molecule has 1 fully saturated rings. The Kier molecular flexibility index (Phi) is 11.6. The Morgan fingerprint density at radius 3 is 2.02 bits per heavy atom. The normalized spacial score (nSPS) is 17.5.